The third kappa shape index (κ3) is 2.58. The van der Waals surface area contributed by atoms with Crippen LogP contribution < -0.4 is 5.73 Å². The third-order valence-corrected chi connectivity index (χ3v) is 9.99. The first-order valence-electron chi connectivity index (χ1n) is 11.0. The minimum absolute atomic E-state index is 0.123. The van der Waals surface area contributed by atoms with E-state index in [9.17, 15) is 0 Å². The minimum atomic E-state index is 0.123. The van der Waals surface area contributed by atoms with Crippen molar-refractivity contribution >= 4 is 28.8 Å². The first-order chi connectivity index (χ1) is 13.3. The van der Waals surface area contributed by atoms with E-state index in [1.165, 1.54) is 36.2 Å². The molecule has 1 aromatic carbocycles. The van der Waals surface area contributed by atoms with Crippen LogP contribution in [0.4, 0.5) is 0 Å². The molecular formula is C24H33ClN2S. The highest BCUT2D eigenvalue weighted by Crippen LogP contribution is 2.73. The Morgan fingerprint density at radius 1 is 1.21 bits per heavy atom. The van der Waals surface area contributed by atoms with Gasteiger partial charge in [0, 0.05) is 30.4 Å². The van der Waals surface area contributed by atoms with Crippen molar-refractivity contribution in [3.05, 3.63) is 35.9 Å². The second kappa shape index (κ2) is 6.43. The number of hydrogen-bond donors (Lipinski definition) is 1. The van der Waals surface area contributed by atoms with Gasteiger partial charge < -0.3 is 10.6 Å². The van der Waals surface area contributed by atoms with Crippen molar-refractivity contribution in [3.63, 3.8) is 0 Å². The normalized spacial score (nSPS) is 43.5. The predicted octanol–water partition coefficient (Wildman–Crippen LogP) is 4.99. The van der Waals surface area contributed by atoms with E-state index in [1.54, 1.807) is 0 Å². The average molecular weight is 417 g/mol. The number of alkyl halides is 1. The number of nitrogens with two attached hydrogens (primary N) is 1. The summed E-state index contributed by atoms with van der Waals surface area (Å²) in [6.45, 7) is 6.62. The molecule has 0 spiro atoms. The molecule has 2 N–H and O–H groups in total. The van der Waals surface area contributed by atoms with Crippen LogP contribution in [0.1, 0.15) is 51.5 Å². The number of benzene rings is 1. The van der Waals surface area contributed by atoms with Crippen LogP contribution >= 0.6 is 23.8 Å². The van der Waals surface area contributed by atoms with Crippen molar-refractivity contribution in [1.82, 2.24) is 4.90 Å². The number of nitrogens with zero attached hydrogens (tertiary/aromatic N) is 1. The standard InChI is InChI=1S/C24H33ClN2S/c1-22(2)15-27(9-8-20(22)26)21(28)24-11-16-10-23(14-24,12-19(24)18(16)13-25)17-6-4-3-5-7-17/h3-7,16,18-20H,8-15,26H2,1-2H3/t16?,18?,19?,20-,23?,24?/m0/s1. The van der Waals surface area contributed by atoms with Crippen molar-refractivity contribution in [1.29, 1.82) is 0 Å². The van der Waals surface area contributed by atoms with Gasteiger partial charge >= 0.3 is 0 Å². The van der Waals surface area contributed by atoms with Crippen LogP contribution in [-0.4, -0.2) is 34.9 Å². The molecule has 5 aliphatic rings. The number of thiocarbonyl (C=S) groups is 1. The van der Waals surface area contributed by atoms with Crippen LogP contribution in [0.15, 0.2) is 30.3 Å². The fourth-order valence-electron chi connectivity index (χ4n) is 7.58. The van der Waals surface area contributed by atoms with Crippen LogP contribution in [-0.2, 0) is 5.41 Å². The summed E-state index contributed by atoms with van der Waals surface area (Å²) < 4.78 is 0. The molecule has 6 rings (SSSR count). The van der Waals surface area contributed by atoms with Crippen molar-refractivity contribution < 1.29 is 0 Å². The van der Waals surface area contributed by atoms with E-state index in [1.807, 2.05) is 0 Å². The van der Waals surface area contributed by atoms with Gasteiger partial charge in [-0.15, -0.1) is 11.6 Å². The Bertz CT molecular complexity index is 780. The van der Waals surface area contributed by atoms with Gasteiger partial charge in [0.1, 0.15) is 0 Å². The summed E-state index contributed by atoms with van der Waals surface area (Å²) in [5.74, 6) is 2.80. The molecule has 1 aliphatic heterocycles. The van der Waals surface area contributed by atoms with Crippen LogP contribution in [0, 0.1) is 28.6 Å². The van der Waals surface area contributed by atoms with E-state index < -0.39 is 0 Å². The van der Waals surface area contributed by atoms with Gasteiger partial charge in [-0.1, -0.05) is 56.4 Å². The quantitative estimate of drug-likeness (QED) is 0.556. The molecule has 2 nitrogen and oxygen atoms in total. The molecule has 0 radical (unpaired) electrons. The third-order valence-electron chi connectivity index (χ3n) is 8.97. The van der Waals surface area contributed by atoms with Crippen molar-refractivity contribution in [2.45, 2.75) is 57.4 Å². The lowest BCUT2D eigenvalue weighted by molar-refractivity contribution is 0.133. The summed E-state index contributed by atoms with van der Waals surface area (Å²) in [7, 11) is 0. The van der Waals surface area contributed by atoms with Crippen LogP contribution in [0.2, 0.25) is 0 Å². The highest BCUT2D eigenvalue weighted by molar-refractivity contribution is 7.80. The van der Waals surface area contributed by atoms with Crippen LogP contribution in [0.3, 0.4) is 0 Å². The maximum atomic E-state index is 6.53. The Kier molecular flexibility index (Phi) is 4.44. The molecule has 5 fully saturated rings. The Labute approximate surface area is 180 Å². The largest absolute Gasteiger partial charge is 0.365 e. The molecule has 4 bridgehead atoms. The molecule has 1 aromatic rings. The van der Waals surface area contributed by atoms with Crippen LogP contribution in [0.25, 0.3) is 0 Å². The fraction of sp³-hybridized carbons (Fsp3) is 0.708. The Morgan fingerprint density at radius 2 is 1.96 bits per heavy atom. The summed E-state index contributed by atoms with van der Waals surface area (Å²) in [5.41, 5.74) is 8.55. The maximum Gasteiger partial charge on any atom is 0.0845 e. The number of piperidine rings is 1. The zero-order chi connectivity index (χ0) is 19.7. The summed E-state index contributed by atoms with van der Waals surface area (Å²) in [6.07, 6.45) is 6.08. The topological polar surface area (TPSA) is 29.3 Å². The minimum Gasteiger partial charge on any atom is -0.365 e. The summed E-state index contributed by atoms with van der Waals surface area (Å²) in [4.78, 5) is 3.78. The number of halogens is 1. The predicted molar refractivity (Wildman–Crippen MR) is 121 cm³/mol. The highest BCUT2D eigenvalue weighted by Gasteiger charge is 2.69. The summed E-state index contributed by atoms with van der Waals surface area (Å²) in [6, 6.07) is 11.5. The highest BCUT2D eigenvalue weighted by atomic mass is 35.5. The van der Waals surface area contributed by atoms with Gasteiger partial charge in [-0.05, 0) is 66.3 Å². The number of rotatable bonds is 3. The van der Waals surface area contributed by atoms with E-state index in [0.717, 1.165) is 31.3 Å². The molecule has 0 aromatic heterocycles. The van der Waals surface area contributed by atoms with Gasteiger partial charge in [0.05, 0.1) is 4.99 Å². The van der Waals surface area contributed by atoms with E-state index in [0.29, 0.717) is 17.3 Å². The lowest BCUT2D eigenvalue weighted by Crippen LogP contribution is -2.56. The van der Waals surface area contributed by atoms with Crippen molar-refractivity contribution in [2.24, 2.45) is 34.3 Å². The summed E-state index contributed by atoms with van der Waals surface area (Å²) in [5, 5.41) is 0. The Morgan fingerprint density at radius 3 is 2.64 bits per heavy atom. The average Bonchev–Trinajstić information content (AvgIpc) is 3.06. The molecule has 4 aliphatic carbocycles. The van der Waals surface area contributed by atoms with Crippen molar-refractivity contribution in [2.75, 3.05) is 19.0 Å². The zero-order valence-corrected chi connectivity index (χ0v) is 18.7. The lowest BCUT2D eigenvalue weighted by atomic mass is 9.62. The molecule has 5 unspecified atom stereocenters. The molecule has 4 saturated carbocycles. The fourth-order valence-corrected chi connectivity index (χ4v) is 8.51. The van der Waals surface area contributed by atoms with Gasteiger partial charge in [-0.25, -0.2) is 0 Å². The Hall–Kier alpha value is -0.640. The number of likely N-dealkylation sites (tertiary alicyclic amines) is 1. The molecular weight excluding hydrogens is 384 g/mol. The number of hydrogen-bond acceptors (Lipinski definition) is 2. The van der Waals surface area contributed by atoms with Crippen molar-refractivity contribution in [3.8, 4) is 0 Å². The maximum absolute atomic E-state index is 6.53. The Balaban J connectivity index is 1.50. The van der Waals surface area contributed by atoms with E-state index in [4.69, 9.17) is 29.6 Å². The van der Waals surface area contributed by atoms with Gasteiger partial charge in [0.25, 0.3) is 0 Å². The second-order valence-corrected chi connectivity index (χ2v) is 11.6. The molecule has 28 heavy (non-hydrogen) atoms. The van der Waals surface area contributed by atoms with Gasteiger partial charge in [-0.3, -0.25) is 0 Å². The van der Waals surface area contributed by atoms with Crippen LogP contribution in [0.5, 0.6) is 0 Å². The molecule has 6 atom stereocenters. The molecule has 0 amide bonds. The molecule has 1 heterocycles. The SMILES string of the molecule is CC1(C)CN(C(=S)C23CC4CC(c5ccccc5)(CC2C4CCl)C3)CC[C@@H]1N. The van der Waals surface area contributed by atoms with E-state index in [-0.39, 0.29) is 16.9 Å². The monoisotopic (exact) mass is 416 g/mol. The lowest BCUT2D eigenvalue weighted by Gasteiger charge is -2.49. The first-order valence-corrected chi connectivity index (χ1v) is 11.9. The second-order valence-electron chi connectivity index (χ2n) is 10.9. The van der Waals surface area contributed by atoms with Gasteiger partial charge in [0.2, 0.25) is 0 Å². The van der Waals surface area contributed by atoms with E-state index >= 15 is 0 Å². The van der Waals surface area contributed by atoms with E-state index in [2.05, 4.69) is 49.1 Å². The summed E-state index contributed by atoms with van der Waals surface area (Å²) >= 11 is 12.8. The smallest absolute Gasteiger partial charge is 0.0845 e. The van der Waals surface area contributed by atoms with Gasteiger partial charge in [-0.2, -0.15) is 0 Å². The zero-order valence-electron chi connectivity index (χ0n) is 17.2. The van der Waals surface area contributed by atoms with Gasteiger partial charge in [0.15, 0.2) is 0 Å². The molecule has 152 valence electrons. The first kappa shape index (κ1) is 19.3. The molecule has 1 saturated heterocycles. The molecule has 4 heteroatoms.